The molecule has 1 atom stereocenters. The van der Waals surface area contributed by atoms with E-state index in [1.165, 1.54) is 0 Å². The summed E-state index contributed by atoms with van der Waals surface area (Å²) in [5.74, 6) is -0.00915. The normalized spacial score (nSPS) is 19.5. The minimum absolute atomic E-state index is 0.00673. The van der Waals surface area contributed by atoms with Crippen LogP contribution >= 0.6 is 0 Å². The van der Waals surface area contributed by atoms with Crippen LogP contribution in [0.3, 0.4) is 0 Å². The second-order valence-electron chi connectivity index (χ2n) is 5.28. The fourth-order valence-corrected chi connectivity index (χ4v) is 2.16. The molecule has 20 heavy (non-hydrogen) atoms. The van der Waals surface area contributed by atoms with Crippen molar-refractivity contribution in [3.8, 4) is 0 Å². The average molecular weight is 286 g/mol. The number of amides is 2. The van der Waals surface area contributed by atoms with Crippen LogP contribution in [0.4, 0.5) is 0 Å². The summed E-state index contributed by atoms with van der Waals surface area (Å²) < 4.78 is 10.4. The average Bonchev–Trinajstić information content (AvgIpc) is 2.42. The summed E-state index contributed by atoms with van der Waals surface area (Å²) in [4.78, 5) is 25.5. The van der Waals surface area contributed by atoms with E-state index in [1.54, 1.807) is 12.0 Å². The first-order chi connectivity index (χ1) is 9.54. The Morgan fingerprint density at radius 3 is 2.85 bits per heavy atom. The van der Waals surface area contributed by atoms with Crippen LogP contribution in [0, 0.1) is 5.92 Å². The van der Waals surface area contributed by atoms with Crippen LogP contribution < -0.4 is 5.32 Å². The lowest BCUT2D eigenvalue weighted by Gasteiger charge is -2.31. The van der Waals surface area contributed by atoms with Gasteiger partial charge in [0.05, 0.1) is 25.2 Å². The molecule has 0 aromatic heterocycles. The molecule has 1 aliphatic heterocycles. The van der Waals surface area contributed by atoms with Crippen LogP contribution in [0.5, 0.6) is 0 Å². The van der Waals surface area contributed by atoms with E-state index in [0.717, 1.165) is 0 Å². The second-order valence-corrected chi connectivity index (χ2v) is 5.28. The van der Waals surface area contributed by atoms with Crippen molar-refractivity contribution in [1.82, 2.24) is 10.2 Å². The highest BCUT2D eigenvalue weighted by Crippen LogP contribution is 2.17. The second kappa shape index (κ2) is 8.92. The number of ether oxygens (including phenoxy) is 2. The van der Waals surface area contributed by atoms with Gasteiger partial charge in [-0.25, -0.2) is 0 Å². The Morgan fingerprint density at radius 2 is 2.20 bits per heavy atom. The number of carbonyl (C=O) groups excluding carboxylic acids is 2. The highest BCUT2D eigenvalue weighted by Gasteiger charge is 2.29. The number of nitrogens with one attached hydrogen (secondary N) is 1. The lowest BCUT2D eigenvalue weighted by atomic mass is 9.96. The minimum atomic E-state index is -0.122. The van der Waals surface area contributed by atoms with Crippen molar-refractivity contribution in [2.24, 2.45) is 5.92 Å². The van der Waals surface area contributed by atoms with E-state index in [0.29, 0.717) is 45.7 Å². The number of methoxy groups -OCH3 is 1. The molecule has 1 rings (SSSR count). The summed E-state index contributed by atoms with van der Waals surface area (Å²) in [5.41, 5.74) is 0. The van der Waals surface area contributed by atoms with E-state index in [1.807, 2.05) is 13.8 Å². The quantitative estimate of drug-likeness (QED) is 0.656. The van der Waals surface area contributed by atoms with Crippen molar-refractivity contribution in [3.05, 3.63) is 0 Å². The molecule has 1 heterocycles. The summed E-state index contributed by atoms with van der Waals surface area (Å²) >= 11 is 0. The molecule has 0 radical (unpaired) electrons. The number of carbonyl (C=O) groups is 2. The van der Waals surface area contributed by atoms with Crippen molar-refractivity contribution in [2.45, 2.75) is 32.8 Å². The predicted molar refractivity (Wildman–Crippen MR) is 75.3 cm³/mol. The van der Waals surface area contributed by atoms with E-state index in [4.69, 9.17) is 9.47 Å². The van der Waals surface area contributed by atoms with Crippen LogP contribution in [-0.2, 0) is 19.1 Å². The maximum Gasteiger partial charge on any atom is 0.224 e. The van der Waals surface area contributed by atoms with E-state index < -0.39 is 0 Å². The first-order valence-corrected chi connectivity index (χ1v) is 7.20. The van der Waals surface area contributed by atoms with Gasteiger partial charge >= 0.3 is 0 Å². The summed E-state index contributed by atoms with van der Waals surface area (Å²) in [6, 6.07) is 0. The van der Waals surface area contributed by atoms with Gasteiger partial charge in [-0.2, -0.15) is 0 Å². The van der Waals surface area contributed by atoms with Crippen LogP contribution in [-0.4, -0.2) is 62.8 Å². The standard InChI is InChI=1S/C14H26N2O4/c1-11(2)20-8-6-15-14(18)12-4-5-13(17)16(10-12)7-9-19-3/h11-12H,4-10H2,1-3H3,(H,15,18)/t12-/m1/s1. The Balaban J connectivity index is 2.31. The van der Waals surface area contributed by atoms with Crippen molar-refractivity contribution in [1.29, 1.82) is 0 Å². The molecular formula is C14H26N2O4. The molecule has 1 saturated heterocycles. The number of piperidine rings is 1. The molecule has 1 N–H and O–H groups in total. The van der Waals surface area contributed by atoms with Crippen molar-refractivity contribution in [2.75, 3.05) is 40.0 Å². The van der Waals surface area contributed by atoms with E-state index >= 15 is 0 Å². The van der Waals surface area contributed by atoms with Crippen molar-refractivity contribution < 1.29 is 19.1 Å². The maximum atomic E-state index is 12.0. The number of hydrogen-bond donors (Lipinski definition) is 1. The highest BCUT2D eigenvalue weighted by atomic mass is 16.5. The summed E-state index contributed by atoms with van der Waals surface area (Å²) in [5, 5.41) is 2.87. The minimum Gasteiger partial charge on any atom is -0.383 e. The Morgan fingerprint density at radius 1 is 1.45 bits per heavy atom. The molecule has 116 valence electrons. The molecule has 0 spiro atoms. The van der Waals surface area contributed by atoms with Gasteiger partial charge in [0.1, 0.15) is 0 Å². The summed E-state index contributed by atoms with van der Waals surface area (Å²) in [6.07, 6.45) is 1.23. The fraction of sp³-hybridized carbons (Fsp3) is 0.857. The molecule has 0 bridgehead atoms. The van der Waals surface area contributed by atoms with Gasteiger partial charge in [-0.3, -0.25) is 9.59 Å². The molecule has 0 aromatic rings. The molecule has 1 fully saturated rings. The van der Waals surface area contributed by atoms with Crippen LogP contribution in [0.15, 0.2) is 0 Å². The van der Waals surface area contributed by atoms with Gasteiger partial charge in [0.25, 0.3) is 0 Å². The monoisotopic (exact) mass is 286 g/mol. The molecule has 6 heteroatoms. The van der Waals surface area contributed by atoms with Gasteiger partial charge in [-0.05, 0) is 20.3 Å². The molecular weight excluding hydrogens is 260 g/mol. The van der Waals surface area contributed by atoms with Gasteiger partial charge < -0.3 is 19.7 Å². The Bertz CT molecular complexity index is 320. The molecule has 0 saturated carbocycles. The highest BCUT2D eigenvalue weighted by molar-refractivity contribution is 5.83. The zero-order valence-corrected chi connectivity index (χ0v) is 12.7. The lowest BCUT2D eigenvalue weighted by Crippen LogP contribution is -2.47. The maximum absolute atomic E-state index is 12.0. The molecule has 0 unspecified atom stereocenters. The number of hydrogen-bond acceptors (Lipinski definition) is 4. The van der Waals surface area contributed by atoms with E-state index in [-0.39, 0.29) is 23.8 Å². The molecule has 2 amide bonds. The first kappa shape index (κ1) is 16.9. The molecule has 6 nitrogen and oxygen atoms in total. The zero-order valence-electron chi connectivity index (χ0n) is 12.7. The largest absolute Gasteiger partial charge is 0.383 e. The Kier molecular flexibility index (Phi) is 7.54. The Hall–Kier alpha value is -1.14. The van der Waals surface area contributed by atoms with E-state index in [9.17, 15) is 9.59 Å². The van der Waals surface area contributed by atoms with Gasteiger partial charge in [0.2, 0.25) is 11.8 Å². The van der Waals surface area contributed by atoms with Crippen LogP contribution in [0.2, 0.25) is 0 Å². The first-order valence-electron chi connectivity index (χ1n) is 7.20. The van der Waals surface area contributed by atoms with Crippen molar-refractivity contribution >= 4 is 11.8 Å². The number of likely N-dealkylation sites (tertiary alicyclic amines) is 1. The third-order valence-electron chi connectivity index (χ3n) is 3.29. The number of rotatable bonds is 8. The van der Waals surface area contributed by atoms with Crippen LogP contribution in [0.1, 0.15) is 26.7 Å². The van der Waals surface area contributed by atoms with Gasteiger partial charge in [0.15, 0.2) is 0 Å². The molecule has 0 aromatic carbocycles. The van der Waals surface area contributed by atoms with E-state index in [2.05, 4.69) is 5.32 Å². The van der Waals surface area contributed by atoms with Gasteiger partial charge in [-0.1, -0.05) is 0 Å². The third kappa shape index (κ3) is 5.88. The van der Waals surface area contributed by atoms with Crippen LogP contribution in [0.25, 0.3) is 0 Å². The Labute approximate surface area is 120 Å². The fourth-order valence-electron chi connectivity index (χ4n) is 2.16. The predicted octanol–water partition coefficient (Wildman–Crippen LogP) is 0.413. The number of nitrogens with zero attached hydrogens (tertiary/aromatic N) is 1. The SMILES string of the molecule is COCCN1C[C@H](C(=O)NCCOC(C)C)CCC1=O. The molecule has 1 aliphatic rings. The summed E-state index contributed by atoms with van der Waals surface area (Å²) in [7, 11) is 1.60. The van der Waals surface area contributed by atoms with Gasteiger partial charge in [0, 0.05) is 33.2 Å². The third-order valence-corrected chi connectivity index (χ3v) is 3.29. The van der Waals surface area contributed by atoms with Crippen molar-refractivity contribution in [3.63, 3.8) is 0 Å². The smallest absolute Gasteiger partial charge is 0.224 e. The molecule has 0 aliphatic carbocycles. The lowest BCUT2D eigenvalue weighted by molar-refractivity contribution is -0.139. The topological polar surface area (TPSA) is 67.9 Å². The van der Waals surface area contributed by atoms with Gasteiger partial charge in [-0.15, -0.1) is 0 Å². The zero-order chi connectivity index (χ0) is 15.0. The summed E-state index contributed by atoms with van der Waals surface area (Å²) in [6.45, 7) is 6.49.